The molecule has 1 aromatic carbocycles. The van der Waals surface area contributed by atoms with E-state index in [0.717, 1.165) is 6.07 Å². The van der Waals surface area contributed by atoms with E-state index in [1.807, 2.05) is 20.8 Å². The van der Waals surface area contributed by atoms with E-state index in [2.05, 4.69) is 5.32 Å². The number of nitrogens with one attached hydrogen (secondary N) is 1. The quantitative estimate of drug-likeness (QED) is 0.822. The monoisotopic (exact) mass is 277 g/mol. The first kappa shape index (κ1) is 15.5. The van der Waals surface area contributed by atoms with Gasteiger partial charge in [0.25, 0.3) is 5.91 Å². The number of halogens is 4. The van der Waals surface area contributed by atoms with E-state index in [0.29, 0.717) is 18.7 Å². The van der Waals surface area contributed by atoms with Crippen molar-refractivity contribution in [3.63, 3.8) is 0 Å². The van der Waals surface area contributed by atoms with Crippen molar-refractivity contribution in [2.45, 2.75) is 26.9 Å². The van der Waals surface area contributed by atoms with Crippen LogP contribution in [0.25, 0.3) is 0 Å². The number of alkyl halides is 3. The zero-order valence-corrected chi connectivity index (χ0v) is 10.9. The highest BCUT2D eigenvalue weighted by Gasteiger charge is 2.34. The second-order valence-corrected chi connectivity index (χ2v) is 5.44. The number of benzene rings is 1. The Labute approximate surface area is 108 Å². The van der Waals surface area contributed by atoms with E-state index < -0.39 is 23.5 Å². The van der Waals surface area contributed by atoms with Gasteiger partial charge in [-0.2, -0.15) is 13.2 Å². The standard InChI is InChI=1S/C13H15F4NO/c1-12(2,3)7-18-11(19)8-4-5-10(14)9(6-8)13(15,16)17/h4-6H,7H2,1-3H3,(H,18,19). The molecule has 2 nitrogen and oxygen atoms in total. The molecule has 6 heteroatoms. The van der Waals surface area contributed by atoms with Crippen LogP contribution in [0.4, 0.5) is 17.6 Å². The predicted molar refractivity (Wildman–Crippen MR) is 63.2 cm³/mol. The molecule has 0 aromatic heterocycles. The van der Waals surface area contributed by atoms with E-state index in [-0.39, 0.29) is 11.0 Å². The third-order valence-corrected chi connectivity index (χ3v) is 2.31. The Hall–Kier alpha value is -1.59. The summed E-state index contributed by atoms with van der Waals surface area (Å²) in [7, 11) is 0. The molecule has 0 fully saturated rings. The molecule has 0 aliphatic carbocycles. The van der Waals surface area contributed by atoms with Crippen molar-refractivity contribution in [1.29, 1.82) is 0 Å². The minimum absolute atomic E-state index is 0.192. The molecule has 0 saturated heterocycles. The van der Waals surface area contributed by atoms with Gasteiger partial charge in [-0.3, -0.25) is 4.79 Å². The Morgan fingerprint density at radius 3 is 2.26 bits per heavy atom. The lowest BCUT2D eigenvalue weighted by Crippen LogP contribution is -2.32. The first-order valence-electron chi connectivity index (χ1n) is 5.66. The number of hydrogen-bond donors (Lipinski definition) is 1. The Kier molecular flexibility index (Phi) is 4.22. The maximum Gasteiger partial charge on any atom is 0.419 e. The average molecular weight is 277 g/mol. The van der Waals surface area contributed by atoms with Crippen LogP contribution in [0.15, 0.2) is 18.2 Å². The van der Waals surface area contributed by atoms with Crippen molar-refractivity contribution in [1.82, 2.24) is 5.32 Å². The van der Waals surface area contributed by atoms with Crippen molar-refractivity contribution >= 4 is 5.91 Å². The molecule has 1 amide bonds. The van der Waals surface area contributed by atoms with Crippen LogP contribution >= 0.6 is 0 Å². The van der Waals surface area contributed by atoms with Crippen LogP contribution in [0, 0.1) is 11.2 Å². The Bertz CT molecular complexity index is 475. The van der Waals surface area contributed by atoms with Gasteiger partial charge in [0.15, 0.2) is 0 Å². The molecule has 0 heterocycles. The van der Waals surface area contributed by atoms with Crippen LogP contribution in [0.1, 0.15) is 36.7 Å². The Morgan fingerprint density at radius 2 is 1.79 bits per heavy atom. The van der Waals surface area contributed by atoms with Gasteiger partial charge in [-0.25, -0.2) is 4.39 Å². The molecule has 106 valence electrons. The Morgan fingerprint density at radius 1 is 1.21 bits per heavy atom. The van der Waals surface area contributed by atoms with Crippen molar-refractivity contribution in [3.05, 3.63) is 35.1 Å². The summed E-state index contributed by atoms with van der Waals surface area (Å²) >= 11 is 0. The second kappa shape index (κ2) is 5.19. The van der Waals surface area contributed by atoms with Gasteiger partial charge in [0.1, 0.15) is 5.82 Å². The Balaban J connectivity index is 2.94. The number of hydrogen-bond acceptors (Lipinski definition) is 1. The summed E-state index contributed by atoms with van der Waals surface area (Å²) in [5, 5.41) is 2.51. The van der Waals surface area contributed by atoms with Gasteiger partial charge in [-0.15, -0.1) is 0 Å². The van der Waals surface area contributed by atoms with Gasteiger partial charge in [0.05, 0.1) is 5.56 Å². The van der Waals surface area contributed by atoms with Crippen LogP contribution in [0.3, 0.4) is 0 Å². The van der Waals surface area contributed by atoms with Crippen molar-refractivity contribution < 1.29 is 22.4 Å². The summed E-state index contributed by atoms with van der Waals surface area (Å²) in [4.78, 5) is 11.7. The van der Waals surface area contributed by atoms with E-state index in [1.165, 1.54) is 0 Å². The topological polar surface area (TPSA) is 29.1 Å². The van der Waals surface area contributed by atoms with Gasteiger partial charge in [0.2, 0.25) is 0 Å². The van der Waals surface area contributed by atoms with Crippen molar-refractivity contribution in [2.75, 3.05) is 6.54 Å². The van der Waals surface area contributed by atoms with Crippen LogP contribution in [-0.2, 0) is 6.18 Å². The van der Waals surface area contributed by atoms with Gasteiger partial charge in [0, 0.05) is 12.1 Å². The molecule has 1 rings (SSSR count). The predicted octanol–water partition coefficient (Wildman–Crippen LogP) is 3.62. The summed E-state index contributed by atoms with van der Waals surface area (Å²) in [6.07, 6.45) is -4.82. The largest absolute Gasteiger partial charge is 0.419 e. The molecule has 0 bridgehead atoms. The molecule has 0 saturated carbocycles. The molecule has 0 atom stereocenters. The molecule has 0 unspecified atom stereocenters. The molecule has 0 aliphatic rings. The number of carbonyl (C=O) groups excluding carboxylic acids is 1. The fourth-order valence-corrected chi connectivity index (χ4v) is 1.33. The molecule has 1 aromatic rings. The number of rotatable bonds is 2. The first-order valence-corrected chi connectivity index (χ1v) is 5.66. The summed E-state index contributed by atoms with van der Waals surface area (Å²) in [5.74, 6) is -2.04. The fraction of sp³-hybridized carbons (Fsp3) is 0.462. The van der Waals surface area contributed by atoms with E-state index in [1.54, 1.807) is 0 Å². The van der Waals surface area contributed by atoms with E-state index in [4.69, 9.17) is 0 Å². The maximum absolute atomic E-state index is 13.1. The normalized spacial score (nSPS) is 12.4. The zero-order chi connectivity index (χ0) is 14.8. The third-order valence-electron chi connectivity index (χ3n) is 2.31. The lowest BCUT2D eigenvalue weighted by atomic mass is 9.97. The number of amides is 1. The van der Waals surface area contributed by atoms with Gasteiger partial charge >= 0.3 is 6.18 Å². The van der Waals surface area contributed by atoms with Crippen molar-refractivity contribution in [3.8, 4) is 0 Å². The van der Waals surface area contributed by atoms with Crippen LogP contribution in [0.2, 0.25) is 0 Å². The van der Waals surface area contributed by atoms with Crippen LogP contribution < -0.4 is 5.32 Å². The molecule has 1 N–H and O–H groups in total. The molecule has 0 aliphatic heterocycles. The highest BCUT2D eigenvalue weighted by atomic mass is 19.4. The lowest BCUT2D eigenvalue weighted by Gasteiger charge is -2.19. The van der Waals surface area contributed by atoms with Crippen LogP contribution in [0.5, 0.6) is 0 Å². The summed E-state index contributed by atoms with van der Waals surface area (Å²) < 4.78 is 50.5. The molecular formula is C13H15F4NO. The highest BCUT2D eigenvalue weighted by molar-refractivity contribution is 5.94. The molecule has 0 radical (unpaired) electrons. The lowest BCUT2D eigenvalue weighted by molar-refractivity contribution is -0.140. The van der Waals surface area contributed by atoms with Gasteiger partial charge < -0.3 is 5.32 Å². The third kappa shape index (κ3) is 4.54. The molecule has 19 heavy (non-hydrogen) atoms. The maximum atomic E-state index is 13.1. The van der Waals surface area contributed by atoms with Crippen LogP contribution in [-0.4, -0.2) is 12.5 Å². The molecule has 0 spiro atoms. The zero-order valence-electron chi connectivity index (χ0n) is 10.9. The fourth-order valence-electron chi connectivity index (χ4n) is 1.33. The first-order chi connectivity index (χ1) is 8.50. The second-order valence-electron chi connectivity index (χ2n) is 5.44. The summed E-state index contributed by atoms with van der Waals surface area (Å²) in [6, 6.07) is 2.20. The minimum atomic E-state index is -4.82. The van der Waals surface area contributed by atoms with E-state index in [9.17, 15) is 22.4 Å². The average Bonchev–Trinajstić information content (AvgIpc) is 2.24. The van der Waals surface area contributed by atoms with Crippen molar-refractivity contribution in [2.24, 2.45) is 5.41 Å². The minimum Gasteiger partial charge on any atom is -0.352 e. The van der Waals surface area contributed by atoms with Gasteiger partial charge in [-0.1, -0.05) is 20.8 Å². The smallest absolute Gasteiger partial charge is 0.352 e. The van der Waals surface area contributed by atoms with E-state index >= 15 is 0 Å². The number of carbonyl (C=O) groups is 1. The highest BCUT2D eigenvalue weighted by Crippen LogP contribution is 2.31. The van der Waals surface area contributed by atoms with Gasteiger partial charge in [-0.05, 0) is 23.6 Å². The molecular weight excluding hydrogens is 262 g/mol. The summed E-state index contributed by atoms with van der Waals surface area (Å²) in [5.41, 5.74) is -1.84. The summed E-state index contributed by atoms with van der Waals surface area (Å²) in [6.45, 7) is 5.93. The SMILES string of the molecule is CC(C)(C)CNC(=O)c1ccc(F)c(C(F)(F)F)c1.